The van der Waals surface area contributed by atoms with E-state index >= 15 is 0 Å². The van der Waals surface area contributed by atoms with Crippen LogP contribution in [0.3, 0.4) is 0 Å². The average Bonchev–Trinajstić information content (AvgIpc) is 2.95. The molecule has 0 bridgehead atoms. The summed E-state index contributed by atoms with van der Waals surface area (Å²) in [5, 5.41) is 0. The topological polar surface area (TPSA) is 92.2 Å². The van der Waals surface area contributed by atoms with E-state index in [9.17, 15) is 13.2 Å². The van der Waals surface area contributed by atoms with Crippen LogP contribution in [0.2, 0.25) is 0 Å². The van der Waals surface area contributed by atoms with Crippen molar-refractivity contribution in [2.45, 2.75) is 19.3 Å². The van der Waals surface area contributed by atoms with Crippen LogP contribution in [-0.2, 0) is 22.9 Å². The monoisotopic (exact) mass is 360 g/mol. The van der Waals surface area contributed by atoms with Crippen LogP contribution in [0.1, 0.15) is 17.5 Å². The molecule has 0 spiro atoms. The van der Waals surface area contributed by atoms with Crippen molar-refractivity contribution in [2.24, 2.45) is 0 Å². The summed E-state index contributed by atoms with van der Waals surface area (Å²) >= 11 is 0. The van der Waals surface area contributed by atoms with Gasteiger partial charge in [-0.25, -0.2) is 17.9 Å². The minimum atomic E-state index is -3.29. The van der Waals surface area contributed by atoms with Crippen molar-refractivity contribution in [3.05, 3.63) is 70.2 Å². The molecular weight excluding hydrogens is 340 g/mol. The zero-order chi connectivity index (χ0) is 17.7. The zero-order valence-electron chi connectivity index (χ0n) is 13.7. The molecular formula is C18H20N2O4S. The number of sulfonamides is 1. The Kier molecular flexibility index (Phi) is 5.35. The molecule has 7 heteroatoms. The highest BCUT2D eigenvalue weighted by Gasteiger charge is 2.10. The molecule has 2 aromatic carbocycles. The van der Waals surface area contributed by atoms with E-state index in [2.05, 4.69) is 9.71 Å². The van der Waals surface area contributed by atoms with Crippen molar-refractivity contribution in [1.29, 1.82) is 0 Å². The van der Waals surface area contributed by atoms with E-state index in [1.54, 1.807) is 12.1 Å². The van der Waals surface area contributed by atoms with Gasteiger partial charge in [-0.2, -0.15) is 0 Å². The Balaban J connectivity index is 1.47. The van der Waals surface area contributed by atoms with Gasteiger partial charge in [-0.3, -0.25) is 4.98 Å². The third kappa shape index (κ3) is 5.04. The number of nitrogens with one attached hydrogen (secondary N) is 2. The molecule has 0 atom stereocenters. The zero-order valence-corrected chi connectivity index (χ0v) is 14.5. The highest BCUT2D eigenvalue weighted by molar-refractivity contribution is 7.89. The first-order chi connectivity index (χ1) is 12.0. The number of hydrogen-bond donors (Lipinski definition) is 2. The van der Waals surface area contributed by atoms with Gasteiger partial charge >= 0.3 is 5.76 Å². The molecule has 2 N–H and O–H groups in total. The lowest BCUT2D eigenvalue weighted by atomic mass is 10.1. The smallest absolute Gasteiger partial charge is 0.408 e. The van der Waals surface area contributed by atoms with Crippen molar-refractivity contribution < 1.29 is 12.8 Å². The number of aromatic amines is 1. The predicted molar refractivity (Wildman–Crippen MR) is 97.1 cm³/mol. The molecule has 3 aromatic rings. The van der Waals surface area contributed by atoms with Crippen molar-refractivity contribution in [2.75, 3.05) is 12.3 Å². The summed E-state index contributed by atoms with van der Waals surface area (Å²) in [6.45, 7) is 0.321. The Morgan fingerprint density at radius 1 is 1.00 bits per heavy atom. The van der Waals surface area contributed by atoms with Crippen LogP contribution >= 0.6 is 0 Å². The van der Waals surface area contributed by atoms with Gasteiger partial charge in [0, 0.05) is 6.54 Å². The summed E-state index contributed by atoms with van der Waals surface area (Å²) < 4.78 is 31.7. The third-order valence-electron chi connectivity index (χ3n) is 3.94. The minimum absolute atomic E-state index is 0.107. The average molecular weight is 360 g/mol. The lowest BCUT2D eigenvalue weighted by Crippen LogP contribution is -2.28. The van der Waals surface area contributed by atoms with Gasteiger partial charge < -0.3 is 4.42 Å². The molecule has 3 rings (SSSR count). The highest BCUT2D eigenvalue weighted by Crippen LogP contribution is 2.12. The summed E-state index contributed by atoms with van der Waals surface area (Å²) in [6.07, 6.45) is 1.87. The molecule has 0 saturated carbocycles. The van der Waals surface area contributed by atoms with Crippen LogP contribution < -0.4 is 10.5 Å². The van der Waals surface area contributed by atoms with Gasteiger partial charge in [-0.1, -0.05) is 36.4 Å². The minimum Gasteiger partial charge on any atom is -0.408 e. The van der Waals surface area contributed by atoms with Crippen LogP contribution in [0.5, 0.6) is 0 Å². The number of hydrogen-bond acceptors (Lipinski definition) is 4. The lowest BCUT2D eigenvalue weighted by molar-refractivity contribution is 0.555. The van der Waals surface area contributed by atoms with E-state index in [0.717, 1.165) is 17.5 Å². The summed E-state index contributed by atoms with van der Waals surface area (Å²) in [7, 11) is -3.29. The van der Waals surface area contributed by atoms with E-state index in [1.807, 2.05) is 36.4 Å². The molecule has 1 heterocycles. The second kappa shape index (κ2) is 7.67. The molecule has 0 amide bonds. The fourth-order valence-electron chi connectivity index (χ4n) is 2.69. The maximum Gasteiger partial charge on any atom is 0.417 e. The van der Waals surface area contributed by atoms with Gasteiger partial charge in [-0.05, 0) is 42.5 Å². The second-order valence-electron chi connectivity index (χ2n) is 5.90. The SMILES string of the molecule is O=c1[nH]c2cc(CCNS(=O)(=O)CCCc3ccccc3)ccc2o1. The number of aromatic nitrogens is 1. The van der Waals surface area contributed by atoms with Gasteiger partial charge in [-0.15, -0.1) is 0 Å². The standard InChI is InChI=1S/C18H20N2O4S/c21-18-20-16-13-15(8-9-17(16)24-18)10-11-19-25(22,23)12-4-7-14-5-2-1-3-6-14/h1-3,5-6,8-9,13,19H,4,7,10-12H2,(H,20,21). The highest BCUT2D eigenvalue weighted by atomic mass is 32.2. The first-order valence-corrected chi connectivity index (χ1v) is 9.80. The predicted octanol–water partition coefficient (Wildman–Crippen LogP) is 2.22. The van der Waals surface area contributed by atoms with Gasteiger partial charge in [0.25, 0.3) is 0 Å². The van der Waals surface area contributed by atoms with Gasteiger partial charge in [0.15, 0.2) is 5.58 Å². The van der Waals surface area contributed by atoms with Crippen LogP contribution in [0, 0.1) is 0 Å². The second-order valence-corrected chi connectivity index (χ2v) is 7.82. The van der Waals surface area contributed by atoms with Crippen LogP contribution in [0.25, 0.3) is 11.1 Å². The molecule has 0 aliphatic rings. The Hall–Kier alpha value is -2.38. The first-order valence-electron chi connectivity index (χ1n) is 8.15. The largest absolute Gasteiger partial charge is 0.417 e. The number of fused-ring (bicyclic) bond motifs is 1. The van der Waals surface area contributed by atoms with Crippen LogP contribution in [-0.4, -0.2) is 25.7 Å². The Labute approximate surface area is 145 Å². The quantitative estimate of drug-likeness (QED) is 0.644. The summed E-state index contributed by atoms with van der Waals surface area (Å²) in [5.74, 6) is -0.387. The molecule has 0 unspecified atom stereocenters. The summed E-state index contributed by atoms with van der Waals surface area (Å²) in [6, 6.07) is 15.2. The third-order valence-corrected chi connectivity index (χ3v) is 5.41. The van der Waals surface area contributed by atoms with Gasteiger partial charge in [0.1, 0.15) is 0 Å². The van der Waals surface area contributed by atoms with Gasteiger partial charge in [0.05, 0.1) is 11.3 Å². The Morgan fingerprint density at radius 2 is 1.80 bits per heavy atom. The number of benzene rings is 2. The van der Waals surface area contributed by atoms with E-state index in [4.69, 9.17) is 4.42 Å². The molecule has 1 aromatic heterocycles. The maximum atomic E-state index is 12.1. The molecule has 0 fully saturated rings. The van der Waals surface area contributed by atoms with Crippen molar-refractivity contribution in [3.63, 3.8) is 0 Å². The molecule has 0 aliphatic carbocycles. The van der Waals surface area contributed by atoms with E-state index in [0.29, 0.717) is 30.5 Å². The molecule has 25 heavy (non-hydrogen) atoms. The number of H-pyrrole nitrogens is 1. The summed E-state index contributed by atoms with van der Waals surface area (Å²) in [4.78, 5) is 13.7. The number of rotatable bonds is 8. The van der Waals surface area contributed by atoms with Gasteiger partial charge in [0.2, 0.25) is 10.0 Å². The number of oxazole rings is 1. The van der Waals surface area contributed by atoms with Crippen molar-refractivity contribution in [3.8, 4) is 0 Å². The van der Waals surface area contributed by atoms with Crippen molar-refractivity contribution in [1.82, 2.24) is 9.71 Å². The van der Waals surface area contributed by atoms with E-state index in [1.165, 1.54) is 0 Å². The van der Waals surface area contributed by atoms with E-state index < -0.39 is 15.8 Å². The Bertz CT molecular complexity index is 991. The fraction of sp³-hybridized carbons (Fsp3) is 0.278. The Morgan fingerprint density at radius 3 is 2.60 bits per heavy atom. The molecule has 0 aliphatic heterocycles. The van der Waals surface area contributed by atoms with Crippen molar-refractivity contribution >= 4 is 21.1 Å². The van der Waals surface area contributed by atoms with Crippen LogP contribution in [0.4, 0.5) is 0 Å². The van der Waals surface area contributed by atoms with E-state index in [-0.39, 0.29) is 5.75 Å². The molecule has 132 valence electrons. The van der Waals surface area contributed by atoms with Crippen LogP contribution in [0.15, 0.2) is 57.7 Å². The molecule has 0 radical (unpaired) electrons. The molecule has 0 saturated heterocycles. The molecule has 6 nitrogen and oxygen atoms in total. The summed E-state index contributed by atoms with van der Waals surface area (Å²) in [5.41, 5.74) is 3.18. The normalized spacial score (nSPS) is 11.8. The fourth-order valence-corrected chi connectivity index (χ4v) is 3.77. The first kappa shape index (κ1) is 17.4. The maximum absolute atomic E-state index is 12.1. The number of aryl methyl sites for hydroxylation is 1. The lowest BCUT2D eigenvalue weighted by Gasteiger charge is -2.07.